The topological polar surface area (TPSA) is 75.1 Å². The van der Waals surface area contributed by atoms with Crippen molar-refractivity contribution in [1.29, 1.82) is 0 Å². The molecule has 3 aromatic carbocycles. The normalized spacial score (nSPS) is 11.3. The van der Waals surface area contributed by atoms with Crippen molar-refractivity contribution < 1.29 is 9.53 Å². The summed E-state index contributed by atoms with van der Waals surface area (Å²) in [5, 5.41) is 14.5. The van der Waals surface area contributed by atoms with Crippen LogP contribution in [0, 0.1) is 19.3 Å². The van der Waals surface area contributed by atoms with E-state index in [-0.39, 0.29) is 11.0 Å². The van der Waals surface area contributed by atoms with Gasteiger partial charge in [-0.2, -0.15) is 10.2 Å². The minimum atomic E-state index is -0.585. The maximum absolute atomic E-state index is 12.8. The molecule has 1 amide bonds. The first-order chi connectivity index (χ1) is 16.7. The van der Waals surface area contributed by atoms with E-state index in [0.29, 0.717) is 13.0 Å². The maximum atomic E-state index is 12.8. The van der Waals surface area contributed by atoms with Crippen molar-refractivity contribution in [2.24, 2.45) is 15.6 Å². The smallest absolute Gasteiger partial charge is 0.231 e. The summed E-state index contributed by atoms with van der Waals surface area (Å²) in [4.78, 5) is 12.8. The largest absolute Gasteiger partial charge is 0.493 e. The summed E-state index contributed by atoms with van der Waals surface area (Å²) in [6.45, 7) is 8.45. The Balaban J connectivity index is 1.44. The summed E-state index contributed by atoms with van der Waals surface area (Å²) < 4.78 is 5.92. The summed E-state index contributed by atoms with van der Waals surface area (Å²) in [7, 11) is 0. The van der Waals surface area contributed by atoms with Crippen LogP contribution >= 0.6 is 12.2 Å². The lowest BCUT2D eigenvalue weighted by Crippen LogP contribution is -2.42. The van der Waals surface area contributed by atoms with Crippen molar-refractivity contribution in [2.75, 3.05) is 11.9 Å². The summed E-state index contributed by atoms with van der Waals surface area (Å²) in [6.07, 6.45) is 1.43. The van der Waals surface area contributed by atoms with Crippen LogP contribution in [-0.4, -0.2) is 17.6 Å². The molecule has 0 atom stereocenters. The first-order valence-electron chi connectivity index (χ1n) is 11.6. The van der Waals surface area contributed by atoms with Gasteiger partial charge in [0.2, 0.25) is 5.91 Å². The van der Waals surface area contributed by atoms with Gasteiger partial charge in [0.1, 0.15) is 5.75 Å². The lowest BCUT2D eigenvalue weighted by Gasteiger charge is -2.24. The molecular weight excluding hydrogens is 456 g/mol. The van der Waals surface area contributed by atoms with Crippen LogP contribution in [0.25, 0.3) is 0 Å². The molecule has 2 N–H and O–H groups in total. The van der Waals surface area contributed by atoms with Crippen LogP contribution in [0.2, 0.25) is 0 Å². The molecule has 0 aromatic heterocycles. The van der Waals surface area contributed by atoms with Gasteiger partial charge in [-0.25, -0.2) is 0 Å². The molecule has 7 heteroatoms. The lowest BCUT2D eigenvalue weighted by atomic mass is 9.87. The molecule has 3 aromatic rings. The van der Waals surface area contributed by atoms with Crippen molar-refractivity contribution in [3.63, 3.8) is 0 Å². The number of carbonyl (C=O) groups is 1. The number of nitrogens with one attached hydrogen (secondary N) is 2. The van der Waals surface area contributed by atoms with E-state index in [2.05, 4.69) is 33.0 Å². The lowest BCUT2D eigenvalue weighted by molar-refractivity contribution is -0.128. The Hall–Kier alpha value is -3.58. The minimum Gasteiger partial charge on any atom is -0.493 e. The Morgan fingerprint density at radius 2 is 1.60 bits per heavy atom. The van der Waals surface area contributed by atoms with Gasteiger partial charge in [-0.3, -0.25) is 4.79 Å². The molecule has 0 aliphatic rings. The molecule has 182 valence electrons. The van der Waals surface area contributed by atoms with Gasteiger partial charge >= 0.3 is 0 Å². The van der Waals surface area contributed by atoms with E-state index < -0.39 is 5.41 Å². The van der Waals surface area contributed by atoms with Crippen molar-refractivity contribution in [3.8, 4) is 5.75 Å². The molecular formula is C28H32N4O2S. The fourth-order valence-corrected chi connectivity index (χ4v) is 3.54. The van der Waals surface area contributed by atoms with Crippen LogP contribution in [-0.2, 0) is 4.79 Å². The van der Waals surface area contributed by atoms with Gasteiger partial charge in [-0.15, -0.1) is 0 Å². The van der Waals surface area contributed by atoms with Gasteiger partial charge in [0, 0.05) is 11.1 Å². The molecule has 0 heterocycles. The average Bonchev–Trinajstić information content (AvgIpc) is 2.84. The van der Waals surface area contributed by atoms with Crippen LogP contribution in [0.1, 0.15) is 37.8 Å². The molecule has 0 aliphatic carbocycles. The number of nitrogens with zero attached hydrogens (tertiary/aromatic N) is 2. The second-order valence-corrected chi connectivity index (χ2v) is 9.50. The monoisotopic (exact) mass is 488 g/mol. The summed E-state index contributed by atoms with van der Waals surface area (Å²) in [5.74, 6) is 0.764. The van der Waals surface area contributed by atoms with E-state index in [9.17, 15) is 4.79 Å². The highest BCUT2D eigenvalue weighted by molar-refractivity contribution is 7.80. The quantitative estimate of drug-likeness (QED) is 0.187. The Kier molecular flexibility index (Phi) is 9.09. The van der Waals surface area contributed by atoms with Gasteiger partial charge in [0.05, 0.1) is 18.0 Å². The summed E-state index contributed by atoms with van der Waals surface area (Å²) in [5.41, 5.74) is 3.96. The van der Waals surface area contributed by atoms with Crippen LogP contribution in [0.5, 0.6) is 5.75 Å². The first kappa shape index (κ1) is 26.0. The van der Waals surface area contributed by atoms with Gasteiger partial charge in [0.25, 0.3) is 0 Å². The van der Waals surface area contributed by atoms with E-state index >= 15 is 0 Å². The molecule has 0 spiro atoms. The van der Waals surface area contributed by atoms with Crippen molar-refractivity contribution in [1.82, 2.24) is 5.32 Å². The molecule has 3 rings (SSSR count). The van der Waals surface area contributed by atoms with Crippen LogP contribution in [0.3, 0.4) is 0 Å². The minimum absolute atomic E-state index is 0.130. The molecule has 35 heavy (non-hydrogen) atoms. The average molecular weight is 489 g/mol. The zero-order valence-electron chi connectivity index (χ0n) is 20.7. The molecule has 0 fully saturated rings. The van der Waals surface area contributed by atoms with Gasteiger partial charge in [-0.1, -0.05) is 44.2 Å². The van der Waals surface area contributed by atoms with E-state index in [0.717, 1.165) is 40.4 Å². The number of azo groups is 1. The standard InChI is InChI=1S/C28H32N4O2S/c1-20-11-12-21(2)25(19-20)34-18-8-17-28(3,4)26(33)30-27(35)29-22-13-15-24(16-14-22)32-31-23-9-6-5-7-10-23/h5-7,9-16,19H,8,17-18H2,1-4H3,(H2,29,30,33,35). The second-order valence-electron chi connectivity index (χ2n) is 9.10. The van der Waals surface area contributed by atoms with E-state index in [1.54, 1.807) is 0 Å². The number of ether oxygens (including phenoxy) is 1. The van der Waals surface area contributed by atoms with Gasteiger partial charge < -0.3 is 15.4 Å². The first-order valence-corrected chi connectivity index (χ1v) is 12.0. The Bertz CT molecular complexity index is 1180. The van der Waals surface area contributed by atoms with Crippen molar-refractivity contribution in [2.45, 2.75) is 40.5 Å². The Morgan fingerprint density at radius 1 is 0.943 bits per heavy atom. The summed E-state index contributed by atoms with van der Waals surface area (Å²) >= 11 is 5.35. The number of carbonyl (C=O) groups excluding carboxylic acids is 1. The van der Waals surface area contributed by atoms with E-state index in [1.165, 1.54) is 0 Å². The third-order valence-corrected chi connectivity index (χ3v) is 5.76. The van der Waals surface area contributed by atoms with Crippen LogP contribution < -0.4 is 15.4 Å². The highest BCUT2D eigenvalue weighted by atomic mass is 32.1. The number of benzene rings is 3. The number of amides is 1. The van der Waals surface area contributed by atoms with E-state index in [1.807, 2.05) is 88.4 Å². The maximum Gasteiger partial charge on any atom is 0.231 e. The molecule has 0 saturated carbocycles. The van der Waals surface area contributed by atoms with Gasteiger partial charge in [0.15, 0.2) is 5.11 Å². The van der Waals surface area contributed by atoms with Crippen molar-refractivity contribution in [3.05, 3.63) is 83.9 Å². The Morgan fingerprint density at radius 3 is 2.29 bits per heavy atom. The molecule has 0 saturated heterocycles. The fourth-order valence-electron chi connectivity index (χ4n) is 3.33. The third kappa shape index (κ3) is 8.30. The highest BCUT2D eigenvalue weighted by Crippen LogP contribution is 2.25. The van der Waals surface area contributed by atoms with Crippen LogP contribution in [0.15, 0.2) is 83.0 Å². The SMILES string of the molecule is Cc1ccc(C)c(OCCCC(C)(C)C(=O)NC(=S)Nc2ccc(N=Nc3ccccc3)cc2)c1. The number of hydrogen-bond donors (Lipinski definition) is 2. The molecule has 0 radical (unpaired) electrons. The van der Waals surface area contributed by atoms with Gasteiger partial charge in [-0.05, 0) is 92.5 Å². The number of aryl methyl sites for hydroxylation is 2. The van der Waals surface area contributed by atoms with Crippen LogP contribution in [0.4, 0.5) is 17.1 Å². The third-order valence-electron chi connectivity index (χ3n) is 5.55. The molecule has 0 unspecified atom stereocenters. The zero-order chi connectivity index (χ0) is 25.3. The van der Waals surface area contributed by atoms with E-state index in [4.69, 9.17) is 17.0 Å². The number of anilines is 1. The molecule has 0 aliphatic heterocycles. The predicted molar refractivity (Wildman–Crippen MR) is 146 cm³/mol. The molecule has 0 bridgehead atoms. The summed E-state index contributed by atoms with van der Waals surface area (Å²) in [6, 6.07) is 23.0. The zero-order valence-corrected chi connectivity index (χ0v) is 21.5. The number of hydrogen-bond acceptors (Lipinski definition) is 5. The second kappa shape index (κ2) is 12.2. The fraction of sp³-hybridized carbons (Fsp3) is 0.286. The predicted octanol–water partition coefficient (Wildman–Crippen LogP) is 7.42. The molecule has 6 nitrogen and oxygen atoms in total. The number of rotatable bonds is 9. The Labute approximate surface area is 212 Å². The van der Waals surface area contributed by atoms with Crippen molar-refractivity contribution >= 4 is 40.3 Å². The highest BCUT2D eigenvalue weighted by Gasteiger charge is 2.27. The number of thiocarbonyl (C=S) groups is 1.